The van der Waals surface area contributed by atoms with Crippen molar-refractivity contribution in [3.8, 4) is 0 Å². The van der Waals surface area contributed by atoms with Crippen LogP contribution in [0.4, 0.5) is 0 Å². The van der Waals surface area contributed by atoms with Crippen molar-refractivity contribution < 1.29 is 9.59 Å². The first kappa shape index (κ1) is 16.7. The van der Waals surface area contributed by atoms with Crippen LogP contribution in [0, 0.1) is 0 Å². The maximum atomic E-state index is 12.7. The summed E-state index contributed by atoms with van der Waals surface area (Å²) >= 11 is 0. The number of benzene rings is 1. The summed E-state index contributed by atoms with van der Waals surface area (Å²) in [6.07, 6.45) is 2.59. The second kappa shape index (κ2) is 6.77. The van der Waals surface area contributed by atoms with Crippen LogP contribution < -0.4 is 11.1 Å². The molecule has 0 spiro atoms. The number of nitrogens with two attached hydrogens (primary N) is 1. The Kier molecular flexibility index (Phi) is 4.71. The summed E-state index contributed by atoms with van der Waals surface area (Å²) in [5, 5.41) is 3.99. The van der Waals surface area contributed by atoms with Crippen molar-refractivity contribution in [2.24, 2.45) is 5.73 Å². The fraction of sp³-hybridized carbons (Fsp3) is 0.474. The molecule has 1 aromatic heterocycles. The number of hydrogen-bond donors (Lipinski definition) is 2. The molecule has 1 aliphatic carbocycles. The Balaban J connectivity index is 2.15. The van der Waals surface area contributed by atoms with Gasteiger partial charge in [0.15, 0.2) is 0 Å². The second-order valence-electron chi connectivity index (χ2n) is 6.70. The summed E-state index contributed by atoms with van der Waals surface area (Å²) in [4.78, 5) is 24.6. The fourth-order valence-electron chi connectivity index (χ4n) is 3.65. The third kappa shape index (κ3) is 2.84. The van der Waals surface area contributed by atoms with E-state index in [0.29, 0.717) is 31.5 Å². The van der Waals surface area contributed by atoms with Crippen LogP contribution >= 0.6 is 0 Å². The van der Waals surface area contributed by atoms with Crippen molar-refractivity contribution in [3.05, 3.63) is 35.0 Å². The van der Waals surface area contributed by atoms with E-state index in [-0.39, 0.29) is 17.7 Å². The maximum Gasteiger partial charge on any atom is 0.253 e. The lowest BCUT2D eigenvalue weighted by molar-refractivity contribution is -0.118. The highest BCUT2D eigenvalue weighted by Gasteiger charge is 2.27. The van der Waals surface area contributed by atoms with Gasteiger partial charge in [0.1, 0.15) is 5.78 Å². The molecule has 24 heavy (non-hydrogen) atoms. The molecular formula is C19H25N3O2. The quantitative estimate of drug-likeness (QED) is 0.828. The molecule has 0 bridgehead atoms. The molecule has 2 aromatic rings. The van der Waals surface area contributed by atoms with Gasteiger partial charge in [0.2, 0.25) is 0 Å². The largest absolute Gasteiger partial charge is 0.352 e. The first-order valence-corrected chi connectivity index (χ1v) is 8.69. The van der Waals surface area contributed by atoms with E-state index in [0.717, 1.165) is 29.3 Å². The Hall–Kier alpha value is -2.14. The predicted molar refractivity (Wildman–Crippen MR) is 95.4 cm³/mol. The number of Topliss-reactive ketones (excluding diaryl/α,β-unsaturated/α-hetero) is 1. The summed E-state index contributed by atoms with van der Waals surface area (Å²) in [6, 6.07) is 6.04. The van der Waals surface area contributed by atoms with Gasteiger partial charge in [-0.05, 0) is 44.9 Å². The van der Waals surface area contributed by atoms with E-state index in [1.807, 2.05) is 18.2 Å². The van der Waals surface area contributed by atoms with E-state index in [1.165, 1.54) is 5.69 Å². The number of para-hydroxylation sites is 1. The molecule has 1 aliphatic rings. The van der Waals surface area contributed by atoms with Crippen LogP contribution in [0.25, 0.3) is 10.9 Å². The molecule has 0 saturated heterocycles. The minimum absolute atomic E-state index is 0.0721. The zero-order chi connectivity index (χ0) is 17.3. The zero-order valence-corrected chi connectivity index (χ0v) is 14.4. The Morgan fingerprint density at radius 1 is 1.33 bits per heavy atom. The van der Waals surface area contributed by atoms with Crippen molar-refractivity contribution in [1.29, 1.82) is 0 Å². The number of carbonyl (C=O) groups excluding carboxylic acids is 2. The van der Waals surface area contributed by atoms with Crippen molar-refractivity contribution in [3.63, 3.8) is 0 Å². The molecule has 1 aromatic carbocycles. The average molecular weight is 327 g/mol. The molecular weight excluding hydrogens is 302 g/mol. The van der Waals surface area contributed by atoms with Gasteiger partial charge in [-0.25, -0.2) is 0 Å². The van der Waals surface area contributed by atoms with E-state index in [4.69, 9.17) is 5.73 Å². The number of fused-ring (bicyclic) bond motifs is 3. The minimum Gasteiger partial charge on any atom is -0.352 e. The van der Waals surface area contributed by atoms with E-state index < -0.39 is 0 Å². The monoisotopic (exact) mass is 327 g/mol. The van der Waals surface area contributed by atoms with Gasteiger partial charge in [0, 0.05) is 36.5 Å². The fourth-order valence-corrected chi connectivity index (χ4v) is 3.65. The number of nitrogens with zero attached hydrogens (tertiary/aromatic N) is 1. The van der Waals surface area contributed by atoms with Crippen LogP contribution in [-0.2, 0) is 17.6 Å². The van der Waals surface area contributed by atoms with Gasteiger partial charge in [0.25, 0.3) is 5.91 Å². The molecule has 0 aliphatic heterocycles. The van der Waals surface area contributed by atoms with Crippen molar-refractivity contribution in [2.45, 2.75) is 45.6 Å². The first-order chi connectivity index (χ1) is 11.5. The van der Waals surface area contributed by atoms with Crippen LogP contribution in [0.15, 0.2) is 18.2 Å². The predicted octanol–water partition coefficient (Wildman–Crippen LogP) is 2.36. The van der Waals surface area contributed by atoms with Gasteiger partial charge < -0.3 is 15.6 Å². The van der Waals surface area contributed by atoms with E-state index in [1.54, 1.807) is 0 Å². The highest BCUT2D eigenvalue weighted by atomic mass is 16.1. The summed E-state index contributed by atoms with van der Waals surface area (Å²) in [5.74, 6) is 0.209. The number of ketones is 1. The molecule has 1 amide bonds. The van der Waals surface area contributed by atoms with Gasteiger partial charge in [0.05, 0.1) is 11.1 Å². The molecule has 0 saturated carbocycles. The van der Waals surface area contributed by atoms with Gasteiger partial charge in [-0.1, -0.05) is 12.1 Å². The van der Waals surface area contributed by atoms with Gasteiger partial charge in [-0.2, -0.15) is 0 Å². The number of aromatic nitrogens is 1. The van der Waals surface area contributed by atoms with E-state index in [9.17, 15) is 9.59 Å². The lowest BCUT2D eigenvalue weighted by Gasteiger charge is -2.19. The number of hydrogen-bond acceptors (Lipinski definition) is 3. The van der Waals surface area contributed by atoms with Crippen LogP contribution in [0.1, 0.15) is 54.3 Å². The summed E-state index contributed by atoms with van der Waals surface area (Å²) < 4.78 is 2.24. The van der Waals surface area contributed by atoms with Crippen molar-refractivity contribution in [2.75, 3.05) is 13.1 Å². The van der Waals surface area contributed by atoms with Crippen molar-refractivity contribution >= 4 is 22.6 Å². The maximum absolute atomic E-state index is 12.7. The van der Waals surface area contributed by atoms with Gasteiger partial charge in [-0.15, -0.1) is 0 Å². The lowest BCUT2D eigenvalue weighted by Crippen LogP contribution is -2.26. The third-order valence-electron chi connectivity index (χ3n) is 4.68. The molecule has 0 fully saturated rings. The van der Waals surface area contributed by atoms with Crippen LogP contribution in [0.2, 0.25) is 0 Å². The Bertz CT molecular complexity index is 789. The van der Waals surface area contributed by atoms with E-state index in [2.05, 4.69) is 23.7 Å². The normalized spacial score (nSPS) is 14.2. The molecule has 128 valence electrons. The van der Waals surface area contributed by atoms with Crippen LogP contribution in [0.5, 0.6) is 0 Å². The number of rotatable bonds is 5. The molecule has 3 N–H and O–H groups in total. The summed E-state index contributed by atoms with van der Waals surface area (Å²) in [7, 11) is 0. The Morgan fingerprint density at radius 3 is 2.83 bits per heavy atom. The SMILES string of the molecule is CC(C)n1c2c(c3cccc(C(=O)NCCCN)c31)CC(=O)CC2. The molecule has 3 rings (SSSR count). The average Bonchev–Trinajstić information content (AvgIpc) is 2.88. The molecule has 0 radical (unpaired) electrons. The smallest absolute Gasteiger partial charge is 0.253 e. The summed E-state index contributed by atoms with van der Waals surface area (Å²) in [5.41, 5.74) is 9.45. The highest BCUT2D eigenvalue weighted by molar-refractivity contribution is 6.08. The highest BCUT2D eigenvalue weighted by Crippen LogP contribution is 2.35. The third-order valence-corrected chi connectivity index (χ3v) is 4.68. The van der Waals surface area contributed by atoms with Gasteiger partial charge >= 0.3 is 0 Å². The standard InChI is InChI=1S/C19H25N3O2/c1-12(2)22-17-8-7-13(23)11-16(17)14-5-3-6-15(18(14)22)19(24)21-10-4-9-20/h3,5-6,12H,4,7-11,20H2,1-2H3,(H,21,24). The molecule has 5 nitrogen and oxygen atoms in total. The topological polar surface area (TPSA) is 77.1 Å². The zero-order valence-electron chi connectivity index (χ0n) is 14.4. The van der Waals surface area contributed by atoms with Crippen molar-refractivity contribution in [1.82, 2.24) is 9.88 Å². The Labute approximate surface area is 142 Å². The summed E-state index contributed by atoms with van der Waals surface area (Å²) in [6.45, 7) is 5.38. The molecule has 0 unspecified atom stereocenters. The molecule has 5 heteroatoms. The number of carbonyl (C=O) groups is 2. The number of amides is 1. The van der Waals surface area contributed by atoms with E-state index >= 15 is 0 Å². The first-order valence-electron chi connectivity index (χ1n) is 8.69. The number of nitrogens with one attached hydrogen (secondary N) is 1. The second-order valence-corrected chi connectivity index (χ2v) is 6.70. The lowest BCUT2D eigenvalue weighted by atomic mass is 9.94. The minimum atomic E-state index is -0.0721. The molecule has 1 heterocycles. The van der Waals surface area contributed by atoms with Gasteiger partial charge in [-0.3, -0.25) is 9.59 Å². The Morgan fingerprint density at radius 2 is 2.12 bits per heavy atom. The van der Waals surface area contributed by atoms with Crippen LogP contribution in [-0.4, -0.2) is 29.3 Å². The van der Waals surface area contributed by atoms with Crippen LogP contribution in [0.3, 0.4) is 0 Å². The molecule has 0 atom stereocenters.